The molecule has 0 radical (unpaired) electrons. The van der Waals surface area contributed by atoms with Crippen LogP contribution in [0.3, 0.4) is 0 Å². The predicted molar refractivity (Wildman–Crippen MR) is 134 cm³/mol. The Morgan fingerprint density at radius 2 is 1.70 bits per heavy atom. The van der Waals surface area contributed by atoms with Gasteiger partial charge in [0.2, 0.25) is 23.6 Å². The molecule has 4 amide bonds. The van der Waals surface area contributed by atoms with Crippen LogP contribution < -0.4 is 33.2 Å². The molecule has 14 heteroatoms. The molecule has 0 saturated heterocycles. The monoisotopic (exact) mass is 524 g/mol. The van der Waals surface area contributed by atoms with E-state index in [4.69, 9.17) is 17.2 Å². The Kier molecular flexibility index (Phi) is 13.9. The molecule has 0 aromatic carbocycles. The third-order valence-corrected chi connectivity index (χ3v) is 5.99. The van der Waals surface area contributed by atoms with Gasteiger partial charge in [-0.3, -0.25) is 19.2 Å². The van der Waals surface area contributed by atoms with Crippen molar-refractivity contribution in [2.24, 2.45) is 23.1 Å². The molecule has 0 unspecified atom stereocenters. The van der Waals surface area contributed by atoms with Crippen LogP contribution in [0.1, 0.15) is 58.1 Å². The number of amides is 4. The zero-order valence-corrected chi connectivity index (χ0v) is 21.4. The summed E-state index contributed by atoms with van der Waals surface area (Å²) in [5.74, 6) is -4.28. The standard InChI is InChI=1S/C23H40N8O6/c1-3-13(2)19(31-20(33)15(25)6-4-5-9-24)22(35)30-17(10-14-11-27-12-28-14)21(34)29-16(23(36)37)7-8-18(26)32/h11-13,15-17,19H,3-10,24-25H2,1-2H3,(H2,26,32)(H,27,28)(H,29,34)(H,30,35)(H,31,33)(H,36,37)/t13-,15-,16-,17-,19-/m0/s1. The Labute approximate surface area is 215 Å². The van der Waals surface area contributed by atoms with Crippen LogP contribution in [-0.4, -0.2) is 75.4 Å². The Morgan fingerprint density at radius 3 is 2.24 bits per heavy atom. The van der Waals surface area contributed by atoms with Gasteiger partial charge in [-0.15, -0.1) is 0 Å². The highest BCUT2D eigenvalue weighted by Crippen LogP contribution is 2.11. The molecule has 0 saturated carbocycles. The van der Waals surface area contributed by atoms with Gasteiger partial charge in [0.05, 0.1) is 18.1 Å². The van der Waals surface area contributed by atoms with Crippen molar-refractivity contribution in [1.29, 1.82) is 0 Å². The minimum atomic E-state index is -1.39. The van der Waals surface area contributed by atoms with Crippen molar-refractivity contribution >= 4 is 29.6 Å². The van der Waals surface area contributed by atoms with Crippen molar-refractivity contribution in [2.75, 3.05) is 6.54 Å². The van der Waals surface area contributed by atoms with E-state index in [1.54, 1.807) is 6.92 Å². The minimum Gasteiger partial charge on any atom is -0.480 e. The number of nitrogens with two attached hydrogens (primary N) is 3. The number of nitrogens with zero attached hydrogens (tertiary/aromatic N) is 1. The first-order chi connectivity index (χ1) is 17.5. The van der Waals surface area contributed by atoms with Crippen molar-refractivity contribution < 1.29 is 29.1 Å². The van der Waals surface area contributed by atoms with Gasteiger partial charge in [0.1, 0.15) is 18.1 Å². The Bertz CT molecular complexity index is 894. The molecule has 0 fully saturated rings. The first-order valence-corrected chi connectivity index (χ1v) is 12.4. The molecule has 1 aromatic rings. The van der Waals surface area contributed by atoms with Gasteiger partial charge in [0.15, 0.2) is 0 Å². The van der Waals surface area contributed by atoms with Crippen molar-refractivity contribution in [2.45, 2.75) is 83.0 Å². The molecular formula is C23H40N8O6. The number of rotatable bonds is 18. The lowest BCUT2D eigenvalue weighted by molar-refractivity contribution is -0.142. The zero-order valence-electron chi connectivity index (χ0n) is 21.4. The summed E-state index contributed by atoms with van der Waals surface area (Å²) in [5.41, 5.74) is 17.0. The number of hydrogen-bond donors (Lipinski definition) is 8. The van der Waals surface area contributed by atoms with Gasteiger partial charge < -0.3 is 43.2 Å². The van der Waals surface area contributed by atoms with Crippen molar-refractivity contribution in [3.8, 4) is 0 Å². The zero-order chi connectivity index (χ0) is 28.0. The summed E-state index contributed by atoms with van der Waals surface area (Å²) in [6.07, 6.45) is 4.75. The lowest BCUT2D eigenvalue weighted by Gasteiger charge is -2.28. The van der Waals surface area contributed by atoms with E-state index in [-0.39, 0.29) is 25.2 Å². The van der Waals surface area contributed by atoms with Crippen LogP contribution >= 0.6 is 0 Å². The molecule has 0 aliphatic heterocycles. The number of primary amides is 1. The normalized spacial score (nSPS) is 15.0. The quantitative estimate of drug-likeness (QED) is 0.101. The van der Waals surface area contributed by atoms with Gasteiger partial charge in [0, 0.05) is 19.0 Å². The van der Waals surface area contributed by atoms with Crippen LogP contribution in [0.15, 0.2) is 12.5 Å². The van der Waals surface area contributed by atoms with E-state index in [0.29, 0.717) is 31.5 Å². The van der Waals surface area contributed by atoms with E-state index >= 15 is 0 Å². The Morgan fingerprint density at radius 1 is 1.03 bits per heavy atom. The maximum Gasteiger partial charge on any atom is 0.326 e. The molecule has 5 atom stereocenters. The fourth-order valence-electron chi connectivity index (χ4n) is 3.50. The Balaban J connectivity index is 3.04. The fourth-order valence-corrected chi connectivity index (χ4v) is 3.50. The van der Waals surface area contributed by atoms with E-state index in [2.05, 4.69) is 25.9 Å². The number of imidazole rings is 1. The largest absolute Gasteiger partial charge is 0.480 e. The first kappa shape index (κ1) is 31.5. The average Bonchev–Trinajstić information content (AvgIpc) is 3.36. The molecule has 37 heavy (non-hydrogen) atoms. The van der Waals surface area contributed by atoms with Gasteiger partial charge in [-0.2, -0.15) is 0 Å². The van der Waals surface area contributed by atoms with E-state index < -0.39 is 53.8 Å². The number of aromatic amines is 1. The maximum absolute atomic E-state index is 13.3. The van der Waals surface area contributed by atoms with E-state index in [0.717, 1.165) is 6.42 Å². The second kappa shape index (κ2) is 16.3. The fraction of sp³-hybridized carbons (Fsp3) is 0.652. The molecule has 208 valence electrons. The summed E-state index contributed by atoms with van der Waals surface area (Å²) >= 11 is 0. The van der Waals surface area contributed by atoms with Crippen LogP contribution in [0.2, 0.25) is 0 Å². The van der Waals surface area contributed by atoms with Gasteiger partial charge in [0.25, 0.3) is 0 Å². The van der Waals surface area contributed by atoms with Crippen molar-refractivity contribution in [3.63, 3.8) is 0 Å². The third kappa shape index (κ3) is 11.4. The first-order valence-electron chi connectivity index (χ1n) is 12.4. The number of aromatic nitrogens is 2. The lowest BCUT2D eigenvalue weighted by Crippen LogP contribution is -2.59. The third-order valence-electron chi connectivity index (χ3n) is 5.99. The highest BCUT2D eigenvalue weighted by atomic mass is 16.4. The van der Waals surface area contributed by atoms with E-state index in [1.165, 1.54) is 12.5 Å². The molecule has 0 spiro atoms. The highest BCUT2D eigenvalue weighted by Gasteiger charge is 2.32. The topological polar surface area (TPSA) is 248 Å². The summed E-state index contributed by atoms with van der Waals surface area (Å²) in [7, 11) is 0. The van der Waals surface area contributed by atoms with Gasteiger partial charge in [-0.25, -0.2) is 9.78 Å². The predicted octanol–water partition coefficient (Wildman–Crippen LogP) is -1.74. The number of unbranched alkanes of at least 4 members (excludes halogenated alkanes) is 1. The summed E-state index contributed by atoms with van der Waals surface area (Å²) in [4.78, 5) is 68.4. The number of carbonyl (C=O) groups excluding carboxylic acids is 4. The molecular weight excluding hydrogens is 484 g/mol. The summed E-state index contributed by atoms with van der Waals surface area (Å²) in [6.45, 7) is 4.11. The molecule has 1 rings (SSSR count). The number of carboxylic acids is 1. The van der Waals surface area contributed by atoms with Gasteiger partial charge >= 0.3 is 5.97 Å². The molecule has 1 heterocycles. The van der Waals surface area contributed by atoms with Crippen LogP contribution in [0.25, 0.3) is 0 Å². The number of carbonyl (C=O) groups is 5. The minimum absolute atomic E-state index is 0.0526. The number of carboxylic acid groups (broad SMARTS) is 1. The Hall–Kier alpha value is -3.52. The summed E-state index contributed by atoms with van der Waals surface area (Å²) in [6, 6.07) is -4.42. The van der Waals surface area contributed by atoms with Gasteiger partial charge in [-0.05, 0) is 31.7 Å². The summed E-state index contributed by atoms with van der Waals surface area (Å²) < 4.78 is 0. The second-order valence-corrected chi connectivity index (χ2v) is 8.99. The number of aliphatic carboxylic acids is 1. The average molecular weight is 525 g/mol. The van der Waals surface area contributed by atoms with Crippen molar-refractivity contribution in [1.82, 2.24) is 25.9 Å². The van der Waals surface area contributed by atoms with Crippen LogP contribution in [0.4, 0.5) is 0 Å². The molecule has 0 aliphatic carbocycles. The van der Waals surface area contributed by atoms with Crippen LogP contribution in [0.5, 0.6) is 0 Å². The number of hydrogen-bond acceptors (Lipinski definition) is 8. The molecule has 14 nitrogen and oxygen atoms in total. The molecule has 0 bridgehead atoms. The molecule has 1 aromatic heterocycles. The molecule has 11 N–H and O–H groups in total. The van der Waals surface area contributed by atoms with Crippen molar-refractivity contribution in [3.05, 3.63) is 18.2 Å². The highest BCUT2D eigenvalue weighted by molar-refractivity contribution is 5.94. The van der Waals surface area contributed by atoms with Crippen LogP contribution in [-0.2, 0) is 30.4 Å². The van der Waals surface area contributed by atoms with E-state index in [9.17, 15) is 29.1 Å². The SMILES string of the molecule is CC[C@H](C)[C@H](NC(=O)[C@@H](N)CCCCN)C(=O)N[C@@H](Cc1c[nH]cn1)C(=O)N[C@@H](CCC(N)=O)C(=O)O. The maximum atomic E-state index is 13.3. The van der Waals surface area contributed by atoms with E-state index in [1.807, 2.05) is 6.92 Å². The van der Waals surface area contributed by atoms with Crippen LogP contribution in [0, 0.1) is 5.92 Å². The number of nitrogens with one attached hydrogen (secondary N) is 4. The van der Waals surface area contributed by atoms with Gasteiger partial charge in [-0.1, -0.05) is 26.7 Å². The summed E-state index contributed by atoms with van der Waals surface area (Å²) in [5, 5.41) is 17.1. The molecule has 0 aliphatic rings. The second-order valence-electron chi connectivity index (χ2n) is 8.99. The number of H-pyrrole nitrogens is 1. The smallest absolute Gasteiger partial charge is 0.326 e. The lowest BCUT2D eigenvalue weighted by atomic mass is 9.96.